The third kappa shape index (κ3) is 11.0. The van der Waals surface area contributed by atoms with Crippen LogP contribution >= 0.6 is 0 Å². The summed E-state index contributed by atoms with van der Waals surface area (Å²) in [6.07, 6.45) is 19.9. The number of allylic oxidation sites excluding steroid dienone is 18. The van der Waals surface area contributed by atoms with Crippen molar-refractivity contribution in [1.82, 2.24) is 0 Å². The van der Waals surface area contributed by atoms with Crippen LogP contribution in [-0.4, -0.2) is 11.4 Å². The molecule has 8 aliphatic rings. The Labute approximate surface area is 628 Å². The van der Waals surface area contributed by atoms with Gasteiger partial charge in [-0.15, -0.1) is 0 Å². The van der Waals surface area contributed by atoms with Gasteiger partial charge in [-0.2, -0.15) is 0 Å². The van der Waals surface area contributed by atoms with Crippen molar-refractivity contribution < 1.29 is 0 Å². The van der Waals surface area contributed by atoms with E-state index >= 15 is 0 Å². The van der Waals surface area contributed by atoms with Crippen molar-refractivity contribution in [3.8, 4) is 23.7 Å². The minimum absolute atomic E-state index is 0.144. The van der Waals surface area contributed by atoms with Crippen LogP contribution in [-0.2, 0) is 0 Å². The lowest BCUT2D eigenvalue weighted by Gasteiger charge is -2.54. The number of nitrogens with zero attached hydrogens (tertiary/aromatic N) is 2. The van der Waals surface area contributed by atoms with E-state index in [-0.39, 0.29) is 22.7 Å². The van der Waals surface area contributed by atoms with Gasteiger partial charge in [0.15, 0.2) is 0 Å². The zero-order valence-corrected chi connectivity index (χ0v) is 61.8. The van der Waals surface area contributed by atoms with E-state index in [0.29, 0.717) is 23.7 Å². The fraction of sp³-hybridized carbons (Fsp3) is 0.173. The Kier molecular flexibility index (Phi) is 18.5. The first kappa shape index (κ1) is 68.5. The molecule has 0 saturated heterocycles. The fourth-order valence-electron chi connectivity index (χ4n) is 19.2. The summed E-state index contributed by atoms with van der Waals surface area (Å²) in [6, 6.07) is 108. The van der Waals surface area contributed by atoms with Crippen LogP contribution in [0.25, 0.3) is 44.8 Å². The quantitative estimate of drug-likeness (QED) is 0.109. The SMILES string of the molecule is C(C#Cc1ccccc1)#Cc1ccccc1.CC(C)C1=CC=C[C@@]2(C(C)C)[C@@H]3C=C(c4ccccc4)C4=C(c5ccccc5)N=C1[C@@]42C(c1ccccc1)=C3c1ccccc1.CC(C)C1=CC=C[C@]2(C(C)C)[C@H]3C=C(c4ccccc4)C4=C(c5ccccc5)N=C1[C@]42C(c1ccccc1)=C3c1ccccc1. The van der Waals surface area contributed by atoms with Crippen LogP contribution in [0.1, 0.15) is 111 Å². The highest BCUT2D eigenvalue weighted by atomic mass is 14.9. The molecule has 10 aromatic carbocycles. The summed E-state index contributed by atoms with van der Waals surface area (Å²) in [4.78, 5) is 11.8. The van der Waals surface area contributed by atoms with E-state index in [0.717, 1.165) is 22.5 Å². The van der Waals surface area contributed by atoms with E-state index in [1.165, 1.54) is 112 Å². The summed E-state index contributed by atoms with van der Waals surface area (Å²) in [5.74, 6) is 13.2. The van der Waals surface area contributed by atoms with Gasteiger partial charge in [-0.3, -0.25) is 9.98 Å². The number of aliphatic imine (C=N–C) groups is 2. The van der Waals surface area contributed by atoms with Crippen LogP contribution in [0.5, 0.6) is 0 Å². The molecule has 0 amide bonds. The topological polar surface area (TPSA) is 24.7 Å². The second-order valence-electron chi connectivity index (χ2n) is 30.2. The Hall–Kier alpha value is -11.9. The van der Waals surface area contributed by atoms with Gasteiger partial charge in [0.1, 0.15) is 0 Å². The molecule has 2 heteroatoms. The lowest BCUT2D eigenvalue weighted by Crippen LogP contribution is -2.52. The molecule has 2 spiro atoms. The molecule has 6 aliphatic carbocycles. The predicted octanol–water partition coefficient (Wildman–Crippen LogP) is 25.0. The van der Waals surface area contributed by atoms with Crippen molar-refractivity contribution in [3.05, 3.63) is 430 Å². The van der Waals surface area contributed by atoms with Gasteiger partial charge in [0, 0.05) is 56.1 Å². The lowest BCUT2D eigenvalue weighted by molar-refractivity contribution is 0.158. The largest absolute Gasteiger partial charge is 0.251 e. The minimum atomic E-state index is -0.493. The molecule has 0 aromatic heterocycles. The highest BCUT2D eigenvalue weighted by Gasteiger charge is 2.74. The van der Waals surface area contributed by atoms with Crippen molar-refractivity contribution >= 4 is 56.3 Å². The average molecular weight is 1370 g/mol. The van der Waals surface area contributed by atoms with E-state index < -0.39 is 10.8 Å². The average Bonchev–Trinajstić information content (AvgIpc) is 1.47. The molecule has 0 unspecified atom stereocenters. The Morgan fingerprint density at radius 3 is 0.840 bits per heavy atom. The van der Waals surface area contributed by atoms with Crippen LogP contribution in [0, 0.1) is 80.8 Å². The maximum Gasteiger partial charge on any atom is 0.0765 e. The Morgan fingerprint density at radius 1 is 0.292 bits per heavy atom. The van der Waals surface area contributed by atoms with E-state index in [1.54, 1.807) is 0 Å². The van der Waals surface area contributed by atoms with Gasteiger partial charge in [0.2, 0.25) is 0 Å². The molecule has 4 bridgehead atoms. The third-order valence-corrected chi connectivity index (χ3v) is 23.4. The van der Waals surface area contributed by atoms with Gasteiger partial charge in [0.25, 0.3) is 0 Å². The smallest absolute Gasteiger partial charge is 0.0765 e. The van der Waals surface area contributed by atoms with Crippen LogP contribution in [0.2, 0.25) is 0 Å². The van der Waals surface area contributed by atoms with Crippen LogP contribution < -0.4 is 0 Å². The number of hydrogen-bond acceptors (Lipinski definition) is 2. The number of hydrogen-bond donors (Lipinski definition) is 0. The summed E-state index contributed by atoms with van der Waals surface area (Å²) in [5, 5.41) is 0. The normalized spacial score (nSPS) is 22.4. The molecule has 6 atom stereocenters. The summed E-state index contributed by atoms with van der Waals surface area (Å²) in [6.45, 7) is 19.1. The second kappa shape index (κ2) is 28.6. The second-order valence-corrected chi connectivity index (χ2v) is 30.2. The van der Waals surface area contributed by atoms with E-state index in [4.69, 9.17) is 9.98 Å². The number of rotatable bonds is 12. The zero-order chi connectivity index (χ0) is 72.6. The molecule has 2 heterocycles. The van der Waals surface area contributed by atoms with Gasteiger partial charge in [-0.05, 0) is 138 Å². The maximum atomic E-state index is 5.88. The lowest BCUT2D eigenvalue weighted by atomic mass is 9.46. The monoisotopic (exact) mass is 1360 g/mol. The first-order valence-electron chi connectivity index (χ1n) is 37.9. The standard InChI is InChI=1S/2C44H39N.C16H10/c2*1-29(2)35-26-17-27-43(30(3)4)37-28-36(31-18-9-5-10-19-31)40-41(34-24-15-8-16-25-34)45-42(35)44(40,43)39(33-22-13-7-14-23-33)38(37)32-20-11-6-12-21-32;1-3-9-15(10-4-1)13-7-8-14-16-11-5-2-6-12-16/h2*5-30,37H,1-4H3;1-6,9-12H/t2*37-,43-,44-;/m10./s1. The fourth-order valence-corrected chi connectivity index (χ4v) is 19.2. The third-order valence-electron chi connectivity index (χ3n) is 23.4. The molecule has 514 valence electrons. The molecule has 10 aromatic rings. The predicted molar refractivity (Wildman–Crippen MR) is 447 cm³/mol. The summed E-state index contributed by atoms with van der Waals surface area (Å²) in [5.41, 5.74) is 28.8. The molecule has 0 radical (unpaired) electrons. The summed E-state index contributed by atoms with van der Waals surface area (Å²) >= 11 is 0. The molecule has 2 aliphatic heterocycles. The molecule has 0 N–H and O–H groups in total. The van der Waals surface area contributed by atoms with Crippen LogP contribution in [0.15, 0.2) is 384 Å². The van der Waals surface area contributed by atoms with Crippen molar-refractivity contribution in [2.45, 2.75) is 55.4 Å². The van der Waals surface area contributed by atoms with E-state index in [2.05, 4.69) is 370 Å². The molecule has 18 rings (SSSR count). The summed E-state index contributed by atoms with van der Waals surface area (Å²) < 4.78 is 0. The van der Waals surface area contributed by atoms with Crippen LogP contribution in [0.4, 0.5) is 0 Å². The van der Waals surface area contributed by atoms with E-state index in [9.17, 15) is 0 Å². The molecule has 106 heavy (non-hydrogen) atoms. The van der Waals surface area contributed by atoms with Crippen LogP contribution in [0.3, 0.4) is 0 Å². The summed E-state index contributed by atoms with van der Waals surface area (Å²) in [7, 11) is 0. The van der Waals surface area contributed by atoms with Gasteiger partial charge < -0.3 is 0 Å². The zero-order valence-electron chi connectivity index (χ0n) is 61.8. The first-order chi connectivity index (χ1) is 51.9. The molecular weight excluding hydrogens is 1280 g/mol. The van der Waals surface area contributed by atoms with Crippen molar-refractivity contribution in [1.29, 1.82) is 0 Å². The van der Waals surface area contributed by atoms with Crippen molar-refractivity contribution in [3.63, 3.8) is 0 Å². The van der Waals surface area contributed by atoms with Crippen molar-refractivity contribution in [2.75, 3.05) is 0 Å². The van der Waals surface area contributed by atoms with E-state index in [1.807, 2.05) is 60.7 Å². The number of benzene rings is 10. The Morgan fingerprint density at radius 2 is 0.557 bits per heavy atom. The van der Waals surface area contributed by atoms with Gasteiger partial charge in [-0.25, -0.2) is 0 Å². The first-order valence-corrected chi connectivity index (χ1v) is 37.9. The van der Waals surface area contributed by atoms with Gasteiger partial charge in [-0.1, -0.05) is 395 Å². The minimum Gasteiger partial charge on any atom is -0.251 e. The Bertz CT molecular complexity index is 5170. The molecular formula is C104H88N2. The molecule has 0 fully saturated rings. The molecule has 2 nitrogen and oxygen atoms in total. The van der Waals surface area contributed by atoms with Gasteiger partial charge >= 0.3 is 0 Å². The van der Waals surface area contributed by atoms with Gasteiger partial charge in [0.05, 0.1) is 33.6 Å². The van der Waals surface area contributed by atoms with Crippen molar-refractivity contribution in [2.24, 2.45) is 67.2 Å². The Balaban J connectivity index is 0.000000135. The highest BCUT2D eigenvalue weighted by molar-refractivity contribution is 6.31. The molecule has 0 saturated carbocycles. The maximum absolute atomic E-state index is 5.88. The highest BCUT2D eigenvalue weighted by Crippen LogP contribution is 2.81.